The van der Waals surface area contributed by atoms with Crippen LogP contribution in [0.4, 0.5) is 0 Å². The fourth-order valence-corrected chi connectivity index (χ4v) is 2.77. The average Bonchev–Trinajstić information content (AvgIpc) is 2.43. The summed E-state index contributed by atoms with van der Waals surface area (Å²) in [5.41, 5.74) is 2.36. The number of carbonyl (C=O) groups is 1. The van der Waals surface area contributed by atoms with Gasteiger partial charge in [-0.05, 0) is 42.9 Å². The molecule has 0 bridgehead atoms. The summed E-state index contributed by atoms with van der Waals surface area (Å²) < 4.78 is 0. The first-order valence-electron chi connectivity index (χ1n) is 7.00. The summed E-state index contributed by atoms with van der Waals surface area (Å²) in [5.74, 6) is 0.454. The zero-order chi connectivity index (χ0) is 13.8. The van der Waals surface area contributed by atoms with E-state index in [0.717, 1.165) is 31.5 Å². The van der Waals surface area contributed by atoms with E-state index in [2.05, 4.69) is 31.5 Å². The van der Waals surface area contributed by atoms with Crippen molar-refractivity contribution in [2.75, 3.05) is 6.54 Å². The van der Waals surface area contributed by atoms with Crippen LogP contribution in [0.2, 0.25) is 0 Å². The molecule has 1 aromatic rings. The van der Waals surface area contributed by atoms with Crippen LogP contribution in [-0.4, -0.2) is 22.3 Å². The van der Waals surface area contributed by atoms with Crippen LogP contribution >= 0.6 is 0 Å². The van der Waals surface area contributed by atoms with Gasteiger partial charge in [0.25, 0.3) is 0 Å². The molecule has 0 N–H and O–H groups in total. The zero-order valence-electron chi connectivity index (χ0n) is 11.8. The van der Waals surface area contributed by atoms with E-state index in [9.17, 15) is 4.79 Å². The number of carbonyl (C=O) groups excluding carboxylic acids is 1. The highest BCUT2D eigenvalue weighted by molar-refractivity contribution is 5.87. The van der Waals surface area contributed by atoms with Gasteiger partial charge in [0, 0.05) is 12.7 Å². The summed E-state index contributed by atoms with van der Waals surface area (Å²) in [6.07, 6.45) is 6.42. The number of rotatable bonds is 4. The van der Waals surface area contributed by atoms with Gasteiger partial charge in [-0.2, -0.15) is 0 Å². The van der Waals surface area contributed by atoms with Crippen LogP contribution in [0.25, 0.3) is 0 Å². The molecule has 0 fully saturated rings. The van der Waals surface area contributed by atoms with E-state index in [1.54, 1.807) is 0 Å². The lowest BCUT2D eigenvalue weighted by Gasteiger charge is -2.35. The number of hydrogen-bond acceptors (Lipinski definition) is 2. The molecule has 0 unspecified atom stereocenters. The van der Waals surface area contributed by atoms with E-state index in [0.29, 0.717) is 5.92 Å². The zero-order valence-corrected chi connectivity index (χ0v) is 11.8. The van der Waals surface area contributed by atoms with Gasteiger partial charge in [0.15, 0.2) is 0 Å². The fraction of sp³-hybridized carbons (Fsp3) is 0.500. The molecule has 102 valence electrons. The minimum absolute atomic E-state index is 0.0113. The Labute approximate surface area is 115 Å². The van der Waals surface area contributed by atoms with Crippen molar-refractivity contribution in [2.24, 2.45) is 5.92 Å². The Kier molecular flexibility index (Phi) is 4.35. The molecule has 1 aliphatic carbocycles. The van der Waals surface area contributed by atoms with Crippen molar-refractivity contribution in [2.45, 2.75) is 39.2 Å². The second kappa shape index (κ2) is 6.00. The molecular weight excluding hydrogens is 236 g/mol. The second-order valence-corrected chi connectivity index (χ2v) is 5.54. The molecule has 19 heavy (non-hydrogen) atoms. The first kappa shape index (κ1) is 13.8. The van der Waals surface area contributed by atoms with E-state index in [1.165, 1.54) is 11.6 Å². The van der Waals surface area contributed by atoms with Crippen LogP contribution in [-0.2, 0) is 11.2 Å². The summed E-state index contributed by atoms with van der Waals surface area (Å²) in [7, 11) is 0. The molecule has 0 saturated carbocycles. The quantitative estimate of drug-likeness (QED) is 0.777. The maximum atomic E-state index is 12.1. The molecule has 0 aliphatic heterocycles. The van der Waals surface area contributed by atoms with Crippen LogP contribution in [0.3, 0.4) is 0 Å². The number of hydrogen-bond donors (Lipinski definition) is 0. The highest BCUT2D eigenvalue weighted by Gasteiger charge is 2.29. The highest BCUT2D eigenvalue weighted by atomic mass is 16.2. The lowest BCUT2D eigenvalue weighted by molar-refractivity contribution is -0.129. The van der Waals surface area contributed by atoms with Gasteiger partial charge in [0.2, 0.25) is 5.91 Å². The number of aryl methyl sites for hydroxylation is 1. The number of aromatic nitrogens is 1. The minimum Gasteiger partial charge on any atom is -0.330 e. The Hall–Kier alpha value is -1.64. The van der Waals surface area contributed by atoms with Gasteiger partial charge in [-0.3, -0.25) is 9.78 Å². The molecule has 1 heterocycles. The van der Waals surface area contributed by atoms with Crippen LogP contribution in [0.15, 0.2) is 31.0 Å². The van der Waals surface area contributed by atoms with Gasteiger partial charge in [-0.25, -0.2) is 0 Å². The normalized spacial score (nSPS) is 17.9. The molecular formula is C16H22N2O. The summed E-state index contributed by atoms with van der Waals surface area (Å²) >= 11 is 0. The van der Waals surface area contributed by atoms with Crippen LogP contribution in [0.5, 0.6) is 0 Å². The Morgan fingerprint density at radius 1 is 1.63 bits per heavy atom. The Morgan fingerprint density at radius 3 is 3.11 bits per heavy atom. The topological polar surface area (TPSA) is 33.2 Å². The third kappa shape index (κ3) is 3.03. The van der Waals surface area contributed by atoms with E-state index >= 15 is 0 Å². The van der Waals surface area contributed by atoms with Gasteiger partial charge in [0.1, 0.15) is 0 Å². The van der Waals surface area contributed by atoms with E-state index in [1.807, 2.05) is 17.2 Å². The van der Waals surface area contributed by atoms with Crippen LogP contribution in [0.1, 0.15) is 44.0 Å². The van der Waals surface area contributed by atoms with Crippen LogP contribution in [0, 0.1) is 5.92 Å². The van der Waals surface area contributed by atoms with Gasteiger partial charge >= 0.3 is 0 Å². The molecule has 3 nitrogen and oxygen atoms in total. The Balaban J connectivity index is 2.32. The standard InChI is InChI=1S/C16H22N2O/c1-4-15(19)18(11-12(2)3)14-9-5-7-13-8-6-10-17-16(13)14/h4,6,8,10,12,14H,1,5,7,9,11H2,2-3H3/t14-/m1/s1. The van der Waals surface area contributed by atoms with Crippen molar-refractivity contribution < 1.29 is 4.79 Å². The van der Waals surface area contributed by atoms with Crippen LogP contribution < -0.4 is 0 Å². The Morgan fingerprint density at radius 2 is 2.42 bits per heavy atom. The van der Waals surface area contributed by atoms with E-state index in [-0.39, 0.29) is 11.9 Å². The third-order valence-electron chi connectivity index (χ3n) is 3.56. The number of pyridine rings is 1. The number of nitrogens with zero attached hydrogens (tertiary/aromatic N) is 2. The SMILES string of the molecule is C=CC(=O)N(CC(C)C)[C@@H]1CCCc2cccnc21. The summed E-state index contributed by atoms with van der Waals surface area (Å²) in [4.78, 5) is 18.6. The predicted octanol–water partition coefficient (Wildman–Crippen LogP) is 3.13. The second-order valence-electron chi connectivity index (χ2n) is 5.54. The van der Waals surface area contributed by atoms with Crippen molar-refractivity contribution in [1.29, 1.82) is 0 Å². The first-order valence-corrected chi connectivity index (χ1v) is 7.00. The van der Waals surface area contributed by atoms with Crippen molar-refractivity contribution in [1.82, 2.24) is 9.88 Å². The number of fused-ring (bicyclic) bond motifs is 1. The van der Waals surface area contributed by atoms with Gasteiger partial charge in [-0.1, -0.05) is 26.5 Å². The number of amides is 1. The smallest absolute Gasteiger partial charge is 0.246 e. The van der Waals surface area contributed by atoms with Crippen molar-refractivity contribution >= 4 is 5.91 Å². The fourth-order valence-electron chi connectivity index (χ4n) is 2.77. The van der Waals surface area contributed by atoms with E-state index in [4.69, 9.17) is 0 Å². The molecule has 0 saturated heterocycles. The average molecular weight is 258 g/mol. The highest BCUT2D eigenvalue weighted by Crippen LogP contribution is 2.33. The molecule has 2 rings (SSSR count). The molecule has 1 atom stereocenters. The minimum atomic E-state index is 0.0113. The maximum Gasteiger partial charge on any atom is 0.246 e. The molecule has 1 amide bonds. The third-order valence-corrected chi connectivity index (χ3v) is 3.56. The molecule has 0 spiro atoms. The largest absolute Gasteiger partial charge is 0.330 e. The molecule has 1 aliphatic rings. The van der Waals surface area contributed by atoms with Gasteiger partial charge < -0.3 is 4.90 Å². The predicted molar refractivity (Wildman–Crippen MR) is 76.7 cm³/mol. The molecule has 0 radical (unpaired) electrons. The Bertz CT molecular complexity index is 468. The summed E-state index contributed by atoms with van der Waals surface area (Å²) in [6, 6.07) is 4.21. The van der Waals surface area contributed by atoms with Crippen molar-refractivity contribution in [3.8, 4) is 0 Å². The monoisotopic (exact) mass is 258 g/mol. The lowest BCUT2D eigenvalue weighted by Crippen LogP contribution is -2.38. The lowest BCUT2D eigenvalue weighted by atomic mass is 9.90. The van der Waals surface area contributed by atoms with Gasteiger partial charge in [-0.15, -0.1) is 0 Å². The van der Waals surface area contributed by atoms with E-state index < -0.39 is 0 Å². The maximum absolute atomic E-state index is 12.1. The van der Waals surface area contributed by atoms with Crippen molar-refractivity contribution in [3.05, 3.63) is 42.2 Å². The summed E-state index contributed by atoms with van der Waals surface area (Å²) in [6.45, 7) is 8.64. The van der Waals surface area contributed by atoms with Crippen molar-refractivity contribution in [3.63, 3.8) is 0 Å². The summed E-state index contributed by atoms with van der Waals surface area (Å²) in [5, 5.41) is 0. The first-order chi connectivity index (χ1) is 9.13. The molecule has 1 aromatic heterocycles. The molecule has 0 aromatic carbocycles. The molecule has 3 heteroatoms. The van der Waals surface area contributed by atoms with Gasteiger partial charge in [0.05, 0.1) is 11.7 Å².